The first kappa shape index (κ1) is 22.4. The summed E-state index contributed by atoms with van der Waals surface area (Å²) in [7, 11) is 1.25. The third-order valence-corrected chi connectivity index (χ3v) is 6.54. The van der Waals surface area contributed by atoms with Gasteiger partial charge in [-0.3, -0.25) is 19.5 Å². The summed E-state index contributed by atoms with van der Waals surface area (Å²) in [5.41, 5.74) is 6.48. The first-order chi connectivity index (χ1) is 15.9. The first-order valence-corrected chi connectivity index (χ1v) is 11.2. The second-order valence-electron chi connectivity index (χ2n) is 6.74. The molecule has 1 unspecified atom stereocenters. The number of fused-ring (bicyclic) bond motifs is 1. The maximum atomic E-state index is 12.8. The van der Waals surface area contributed by atoms with E-state index in [2.05, 4.69) is 24.8 Å². The molecule has 1 saturated heterocycles. The molecule has 0 aromatic carbocycles. The molecular weight excluding hydrogens is 470 g/mol. The average molecular weight is 488 g/mol. The highest BCUT2D eigenvalue weighted by atomic mass is 32.2. The van der Waals surface area contributed by atoms with Crippen molar-refractivity contribution in [2.24, 2.45) is 5.16 Å². The van der Waals surface area contributed by atoms with Crippen molar-refractivity contribution < 1.29 is 24.3 Å². The van der Waals surface area contributed by atoms with E-state index < -0.39 is 29.2 Å². The van der Waals surface area contributed by atoms with Crippen LogP contribution in [0.15, 0.2) is 47.0 Å². The van der Waals surface area contributed by atoms with Crippen LogP contribution in [0.2, 0.25) is 0 Å². The Morgan fingerprint density at radius 1 is 1.42 bits per heavy atom. The predicted octanol–water partition coefficient (Wildman–Crippen LogP) is 0.318. The topological polar surface area (TPSA) is 173 Å². The number of thioether (sulfide) groups is 1. The molecule has 2 aliphatic heterocycles. The Morgan fingerprint density at radius 3 is 2.88 bits per heavy atom. The molecule has 0 saturated carbocycles. The van der Waals surface area contributed by atoms with E-state index >= 15 is 0 Å². The SMILES string of the molecule is CON=C(C(=O)NC1C(=O)N2C(C(=O)O)=C(C=Cc3cccnc3)CS[C@H]12)c1nsc(N)n1. The lowest BCUT2D eigenvalue weighted by molar-refractivity contribution is -0.150. The molecule has 14 heteroatoms. The zero-order valence-corrected chi connectivity index (χ0v) is 18.7. The number of carboxylic acids is 1. The Morgan fingerprint density at radius 2 is 2.24 bits per heavy atom. The molecule has 2 atom stereocenters. The van der Waals surface area contributed by atoms with Crippen LogP contribution in [-0.4, -0.2) is 72.1 Å². The minimum atomic E-state index is -1.23. The number of nitrogens with zero attached hydrogens (tertiary/aromatic N) is 5. The lowest BCUT2D eigenvalue weighted by Crippen LogP contribution is -2.71. The van der Waals surface area contributed by atoms with Gasteiger partial charge in [-0.1, -0.05) is 23.4 Å². The summed E-state index contributed by atoms with van der Waals surface area (Å²) in [6, 6.07) is 2.65. The van der Waals surface area contributed by atoms with Crippen LogP contribution in [0.25, 0.3) is 6.08 Å². The molecule has 12 nitrogen and oxygen atoms in total. The average Bonchev–Trinajstić information content (AvgIpc) is 3.25. The summed E-state index contributed by atoms with van der Waals surface area (Å²) in [6.07, 6.45) is 6.66. The van der Waals surface area contributed by atoms with E-state index in [4.69, 9.17) is 10.6 Å². The van der Waals surface area contributed by atoms with Crippen molar-refractivity contribution in [1.82, 2.24) is 24.6 Å². The van der Waals surface area contributed by atoms with Crippen LogP contribution in [0, 0.1) is 0 Å². The minimum Gasteiger partial charge on any atom is -0.477 e. The maximum Gasteiger partial charge on any atom is 0.352 e. The summed E-state index contributed by atoms with van der Waals surface area (Å²) in [6.45, 7) is 0. The number of aliphatic carboxylic acids is 1. The number of β-lactam (4-membered cyclic amide) rings is 1. The molecule has 2 aliphatic rings. The van der Waals surface area contributed by atoms with Gasteiger partial charge in [-0.2, -0.15) is 9.36 Å². The van der Waals surface area contributed by atoms with E-state index in [0.717, 1.165) is 17.1 Å². The minimum absolute atomic E-state index is 0.0364. The lowest BCUT2D eigenvalue weighted by atomic mass is 10.0. The van der Waals surface area contributed by atoms with Crippen molar-refractivity contribution in [1.29, 1.82) is 0 Å². The molecule has 2 aromatic heterocycles. The Kier molecular flexibility index (Phi) is 6.37. The van der Waals surface area contributed by atoms with Crippen LogP contribution < -0.4 is 11.1 Å². The molecule has 1 fully saturated rings. The van der Waals surface area contributed by atoms with Crippen molar-refractivity contribution in [3.05, 3.63) is 53.3 Å². The number of pyridine rings is 1. The Labute approximate surface area is 195 Å². The zero-order valence-electron chi connectivity index (χ0n) is 17.0. The highest BCUT2D eigenvalue weighted by molar-refractivity contribution is 8.00. The number of nitrogens with one attached hydrogen (secondary N) is 1. The molecule has 4 heterocycles. The highest BCUT2D eigenvalue weighted by Crippen LogP contribution is 2.40. The maximum absolute atomic E-state index is 12.8. The summed E-state index contributed by atoms with van der Waals surface area (Å²) < 4.78 is 3.93. The van der Waals surface area contributed by atoms with Gasteiger partial charge in [0.05, 0.1) is 0 Å². The van der Waals surface area contributed by atoms with Crippen LogP contribution in [0.5, 0.6) is 0 Å². The van der Waals surface area contributed by atoms with Gasteiger partial charge < -0.3 is 21.0 Å². The third kappa shape index (κ3) is 4.42. The van der Waals surface area contributed by atoms with Crippen LogP contribution in [0.3, 0.4) is 0 Å². The molecule has 170 valence electrons. The number of carboxylic acid groups (broad SMARTS) is 1. The van der Waals surface area contributed by atoms with Crippen molar-refractivity contribution in [2.45, 2.75) is 11.4 Å². The fourth-order valence-electron chi connectivity index (χ4n) is 3.26. The number of carbonyl (C=O) groups excluding carboxylic acids is 2. The van der Waals surface area contributed by atoms with Crippen molar-refractivity contribution in [2.75, 3.05) is 18.6 Å². The van der Waals surface area contributed by atoms with Crippen molar-refractivity contribution in [3.8, 4) is 0 Å². The van der Waals surface area contributed by atoms with Crippen LogP contribution in [-0.2, 0) is 19.2 Å². The van der Waals surface area contributed by atoms with E-state index in [0.29, 0.717) is 11.3 Å². The second-order valence-corrected chi connectivity index (χ2v) is 8.63. The number of aromatic nitrogens is 3. The number of allylic oxidation sites excluding steroid dienone is 1. The number of amides is 2. The highest BCUT2D eigenvalue weighted by Gasteiger charge is 2.54. The van der Waals surface area contributed by atoms with Gasteiger partial charge in [-0.15, -0.1) is 11.8 Å². The number of nitrogen functional groups attached to an aromatic ring is 1. The summed E-state index contributed by atoms with van der Waals surface area (Å²) in [5, 5.41) is 15.5. The number of oxime groups is 1. The predicted molar refractivity (Wildman–Crippen MR) is 121 cm³/mol. The second kappa shape index (κ2) is 9.38. The van der Waals surface area contributed by atoms with Gasteiger partial charge in [0.1, 0.15) is 24.2 Å². The Bertz CT molecular complexity index is 1190. The first-order valence-electron chi connectivity index (χ1n) is 9.41. The van der Waals surface area contributed by atoms with Gasteiger partial charge in [0, 0.05) is 29.7 Å². The van der Waals surface area contributed by atoms with E-state index in [-0.39, 0.29) is 22.4 Å². The normalized spacial score (nSPS) is 20.5. The summed E-state index contributed by atoms with van der Waals surface area (Å²) >= 11 is 2.22. The summed E-state index contributed by atoms with van der Waals surface area (Å²) in [5.74, 6) is -2.22. The van der Waals surface area contributed by atoms with Crippen LogP contribution in [0.4, 0.5) is 5.13 Å². The molecule has 0 aliphatic carbocycles. The monoisotopic (exact) mass is 487 g/mol. The van der Waals surface area contributed by atoms with E-state index in [1.165, 1.54) is 23.8 Å². The Hall–Kier alpha value is -3.78. The van der Waals surface area contributed by atoms with Gasteiger partial charge in [-0.05, 0) is 17.2 Å². The number of carbonyl (C=O) groups is 3. The largest absolute Gasteiger partial charge is 0.477 e. The Balaban J connectivity index is 1.53. The van der Waals surface area contributed by atoms with Gasteiger partial charge in [0.2, 0.25) is 11.5 Å². The smallest absolute Gasteiger partial charge is 0.352 e. The fraction of sp³-hybridized carbons (Fsp3) is 0.211. The van der Waals surface area contributed by atoms with Gasteiger partial charge >= 0.3 is 5.97 Å². The van der Waals surface area contributed by atoms with Crippen molar-refractivity contribution >= 4 is 58.0 Å². The standard InChI is InChI=1S/C19H17N7O5S2/c1-31-24-11(14-23-19(20)33-25-14)15(27)22-12-16(28)26-13(18(29)30)10(8-32-17(12)26)5-4-9-3-2-6-21-7-9/h2-7,12,17H,8H2,1H3,(H,22,27)(H,29,30)(H2,20,23,25)/t12?,17-/m1/s1. The number of nitrogens with two attached hydrogens (primary N) is 1. The van der Waals surface area contributed by atoms with E-state index in [1.807, 2.05) is 6.07 Å². The van der Waals surface area contributed by atoms with Gasteiger partial charge in [0.25, 0.3) is 11.8 Å². The lowest BCUT2D eigenvalue weighted by Gasteiger charge is -2.49. The van der Waals surface area contributed by atoms with Crippen molar-refractivity contribution in [3.63, 3.8) is 0 Å². The number of rotatable bonds is 7. The van der Waals surface area contributed by atoms with Crippen LogP contribution in [0.1, 0.15) is 11.4 Å². The molecule has 4 rings (SSSR count). The molecule has 2 amide bonds. The number of hydrogen-bond acceptors (Lipinski definition) is 11. The number of anilines is 1. The quantitative estimate of drug-likeness (QED) is 0.280. The molecule has 2 aromatic rings. The molecule has 0 spiro atoms. The molecule has 33 heavy (non-hydrogen) atoms. The van der Waals surface area contributed by atoms with Gasteiger partial charge in [-0.25, -0.2) is 4.79 Å². The fourth-order valence-corrected chi connectivity index (χ4v) is 5.01. The third-order valence-electron chi connectivity index (χ3n) is 4.70. The van der Waals surface area contributed by atoms with E-state index in [1.54, 1.807) is 30.6 Å². The van der Waals surface area contributed by atoms with Gasteiger partial charge in [0.15, 0.2) is 5.13 Å². The zero-order chi connectivity index (χ0) is 23.5. The molecule has 0 bridgehead atoms. The van der Waals surface area contributed by atoms with E-state index in [9.17, 15) is 19.5 Å². The molecular formula is C19H17N7O5S2. The molecule has 0 radical (unpaired) electrons. The summed E-state index contributed by atoms with van der Waals surface area (Å²) in [4.78, 5) is 51.3. The molecule has 4 N–H and O–H groups in total. The van der Waals surface area contributed by atoms with Crippen LogP contribution >= 0.6 is 23.3 Å². The number of hydrogen-bond donors (Lipinski definition) is 3.